The highest BCUT2D eigenvalue weighted by Gasteiger charge is 2.20. The zero-order valence-electron chi connectivity index (χ0n) is 12.3. The van der Waals surface area contributed by atoms with Crippen molar-refractivity contribution in [1.82, 2.24) is 9.78 Å². The number of halogens is 3. The summed E-state index contributed by atoms with van der Waals surface area (Å²) >= 11 is 3.06. The normalized spacial score (nSPS) is 12.7. The Hall–Kier alpha value is -1.27. The van der Waals surface area contributed by atoms with Gasteiger partial charge in [-0.05, 0) is 60.3 Å². The van der Waals surface area contributed by atoms with E-state index in [9.17, 15) is 8.78 Å². The summed E-state index contributed by atoms with van der Waals surface area (Å²) in [5.41, 5.74) is 8.99. The Kier molecular flexibility index (Phi) is 4.78. The van der Waals surface area contributed by atoms with Crippen molar-refractivity contribution in [1.29, 1.82) is 0 Å². The van der Waals surface area contributed by atoms with Crippen LogP contribution in [-0.2, 0) is 13.5 Å². The first kappa shape index (κ1) is 16.1. The maximum atomic E-state index is 14.0. The number of nitrogens with two attached hydrogens (primary N) is 1. The number of hydrogen-bond donors (Lipinski definition) is 1. The quantitative estimate of drug-likeness (QED) is 0.847. The molecule has 0 aliphatic heterocycles. The summed E-state index contributed by atoms with van der Waals surface area (Å²) in [5, 5.41) is 4.33. The molecule has 0 amide bonds. The van der Waals surface area contributed by atoms with Crippen molar-refractivity contribution in [3.05, 3.63) is 50.8 Å². The van der Waals surface area contributed by atoms with E-state index in [1.165, 1.54) is 12.1 Å². The van der Waals surface area contributed by atoms with E-state index >= 15 is 0 Å². The minimum Gasteiger partial charge on any atom is -0.324 e. The zero-order chi connectivity index (χ0) is 15.7. The lowest BCUT2D eigenvalue weighted by Crippen LogP contribution is -2.16. The van der Waals surface area contributed by atoms with Gasteiger partial charge in [-0.15, -0.1) is 0 Å². The van der Waals surface area contributed by atoms with Gasteiger partial charge >= 0.3 is 0 Å². The topological polar surface area (TPSA) is 43.8 Å². The lowest BCUT2D eigenvalue weighted by atomic mass is 9.98. The predicted molar refractivity (Wildman–Crippen MR) is 82.0 cm³/mol. The van der Waals surface area contributed by atoms with Crippen LogP contribution in [-0.4, -0.2) is 9.78 Å². The largest absolute Gasteiger partial charge is 0.324 e. The van der Waals surface area contributed by atoms with Crippen molar-refractivity contribution in [3.8, 4) is 0 Å². The van der Waals surface area contributed by atoms with Crippen molar-refractivity contribution in [2.45, 2.75) is 32.7 Å². The van der Waals surface area contributed by atoms with Gasteiger partial charge in [0.15, 0.2) is 0 Å². The molecule has 6 heteroatoms. The third-order valence-corrected chi connectivity index (χ3v) is 4.43. The molecule has 0 spiro atoms. The zero-order valence-corrected chi connectivity index (χ0v) is 13.8. The number of benzene rings is 1. The van der Waals surface area contributed by atoms with Crippen LogP contribution in [0.15, 0.2) is 16.6 Å². The minimum absolute atomic E-state index is 0.0661. The molecule has 1 aromatic carbocycles. The van der Waals surface area contributed by atoms with Crippen LogP contribution in [0.25, 0.3) is 0 Å². The molecule has 2 aromatic rings. The molecule has 2 N–H and O–H groups in total. The van der Waals surface area contributed by atoms with E-state index in [0.29, 0.717) is 12.8 Å². The number of rotatable bonds is 4. The molecular weight excluding hydrogens is 340 g/mol. The van der Waals surface area contributed by atoms with Crippen LogP contribution in [0.4, 0.5) is 8.78 Å². The second kappa shape index (κ2) is 6.23. The Morgan fingerprint density at radius 3 is 2.57 bits per heavy atom. The van der Waals surface area contributed by atoms with E-state index in [1.807, 2.05) is 20.9 Å². The van der Waals surface area contributed by atoms with Crippen LogP contribution in [0.1, 0.15) is 35.0 Å². The van der Waals surface area contributed by atoms with Gasteiger partial charge in [0.1, 0.15) is 11.6 Å². The van der Waals surface area contributed by atoms with Crippen LogP contribution >= 0.6 is 15.9 Å². The number of aryl methyl sites for hydroxylation is 2. The Morgan fingerprint density at radius 1 is 1.33 bits per heavy atom. The summed E-state index contributed by atoms with van der Waals surface area (Å²) in [7, 11) is 1.87. The first-order chi connectivity index (χ1) is 9.82. The third-order valence-electron chi connectivity index (χ3n) is 3.81. The molecule has 0 saturated heterocycles. The molecule has 0 saturated carbocycles. The fourth-order valence-corrected chi connectivity index (χ4v) is 2.85. The molecule has 0 aliphatic rings. The molecular formula is C15H18BrF2N3. The van der Waals surface area contributed by atoms with E-state index in [4.69, 9.17) is 5.73 Å². The molecule has 0 radical (unpaired) electrons. The van der Waals surface area contributed by atoms with E-state index < -0.39 is 17.7 Å². The summed E-state index contributed by atoms with van der Waals surface area (Å²) < 4.78 is 29.9. The molecule has 2 rings (SSSR count). The Labute approximate surface area is 131 Å². The molecule has 114 valence electrons. The van der Waals surface area contributed by atoms with Gasteiger partial charge in [0.05, 0.1) is 10.2 Å². The summed E-state index contributed by atoms with van der Waals surface area (Å²) in [6, 6.07) is 1.88. The standard InChI is InChI=1S/C15H18BrF2N3/c1-8-10(9(2)21(3)20-8)4-7-13(19)14-12(17)6-5-11(16)15(14)18/h5-6,13H,4,7,19H2,1-3H3. The van der Waals surface area contributed by atoms with Crippen molar-refractivity contribution >= 4 is 15.9 Å². The van der Waals surface area contributed by atoms with Crippen molar-refractivity contribution < 1.29 is 8.78 Å². The predicted octanol–water partition coefficient (Wildman–Crippen LogP) is 3.71. The highest BCUT2D eigenvalue weighted by Crippen LogP contribution is 2.28. The smallest absolute Gasteiger partial charge is 0.145 e. The maximum Gasteiger partial charge on any atom is 0.145 e. The first-order valence-electron chi connectivity index (χ1n) is 6.71. The maximum absolute atomic E-state index is 14.0. The van der Waals surface area contributed by atoms with Gasteiger partial charge in [-0.1, -0.05) is 0 Å². The highest BCUT2D eigenvalue weighted by molar-refractivity contribution is 9.10. The molecule has 21 heavy (non-hydrogen) atoms. The SMILES string of the molecule is Cc1nn(C)c(C)c1CCC(N)c1c(F)ccc(Br)c1F. The van der Waals surface area contributed by atoms with E-state index in [-0.39, 0.29) is 10.0 Å². The number of hydrogen-bond acceptors (Lipinski definition) is 2. The molecule has 1 unspecified atom stereocenters. The summed E-state index contributed by atoms with van der Waals surface area (Å²) in [4.78, 5) is 0. The van der Waals surface area contributed by atoms with Crippen molar-refractivity contribution in [3.63, 3.8) is 0 Å². The Balaban J connectivity index is 2.19. The fraction of sp³-hybridized carbons (Fsp3) is 0.400. The lowest BCUT2D eigenvalue weighted by molar-refractivity contribution is 0.508. The van der Waals surface area contributed by atoms with Crippen molar-refractivity contribution in [2.24, 2.45) is 12.8 Å². The second-order valence-electron chi connectivity index (χ2n) is 5.18. The van der Waals surface area contributed by atoms with Gasteiger partial charge in [0.25, 0.3) is 0 Å². The van der Waals surface area contributed by atoms with Crippen LogP contribution in [0.2, 0.25) is 0 Å². The van der Waals surface area contributed by atoms with Gasteiger partial charge in [0, 0.05) is 24.3 Å². The van der Waals surface area contributed by atoms with Crippen LogP contribution in [0.3, 0.4) is 0 Å². The molecule has 1 aromatic heterocycles. The third kappa shape index (κ3) is 3.16. The minimum atomic E-state index is -0.693. The molecule has 0 bridgehead atoms. The average molecular weight is 358 g/mol. The molecule has 0 aliphatic carbocycles. The Bertz CT molecular complexity index is 667. The van der Waals surface area contributed by atoms with Crippen LogP contribution < -0.4 is 5.73 Å². The summed E-state index contributed by atoms with van der Waals surface area (Å²) in [6.45, 7) is 3.90. The van der Waals surface area contributed by atoms with Gasteiger partial charge in [0.2, 0.25) is 0 Å². The average Bonchev–Trinajstić information content (AvgIpc) is 2.66. The van der Waals surface area contributed by atoms with Gasteiger partial charge in [-0.2, -0.15) is 5.10 Å². The monoisotopic (exact) mass is 357 g/mol. The highest BCUT2D eigenvalue weighted by atomic mass is 79.9. The van der Waals surface area contributed by atoms with Crippen LogP contribution in [0, 0.1) is 25.5 Å². The van der Waals surface area contributed by atoms with E-state index in [0.717, 1.165) is 17.0 Å². The molecule has 1 atom stereocenters. The van der Waals surface area contributed by atoms with E-state index in [1.54, 1.807) is 4.68 Å². The van der Waals surface area contributed by atoms with Gasteiger partial charge in [-0.3, -0.25) is 4.68 Å². The van der Waals surface area contributed by atoms with Crippen molar-refractivity contribution in [2.75, 3.05) is 0 Å². The number of nitrogens with zero attached hydrogens (tertiary/aromatic N) is 2. The lowest BCUT2D eigenvalue weighted by Gasteiger charge is -2.15. The van der Waals surface area contributed by atoms with Crippen LogP contribution in [0.5, 0.6) is 0 Å². The second-order valence-corrected chi connectivity index (χ2v) is 6.03. The Morgan fingerprint density at radius 2 is 2.00 bits per heavy atom. The van der Waals surface area contributed by atoms with Gasteiger partial charge in [-0.25, -0.2) is 8.78 Å². The summed E-state index contributed by atoms with van der Waals surface area (Å²) in [6.07, 6.45) is 1.09. The molecule has 1 heterocycles. The number of aromatic nitrogens is 2. The fourth-order valence-electron chi connectivity index (χ4n) is 2.51. The molecule has 3 nitrogen and oxygen atoms in total. The van der Waals surface area contributed by atoms with Gasteiger partial charge < -0.3 is 5.73 Å². The molecule has 0 fully saturated rings. The van der Waals surface area contributed by atoms with E-state index in [2.05, 4.69) is 21.0 Å². The first-order valence-corrected chi connectivity index (χ1v) is 7.50. The summed E-state index contributed by atoms with van der Waals surface area (Å²) in [5.74, 6) is -1.23.